The Morgan fingerprint density at radius 2 is 1.76 bits per heavy atom. The predicted octanol–water partition coefficient (Wildman–Crippen LogP) is 3.25. The van der Waals surface area contributed by atoms with E-state index in [2.05, 4.69) is 47.5 Å². The maximum Gasteiger partial charge on any atom is 0.0114 e. The molecule has 3 atom stereocenters. The van der Waals surface area contributed by atoms with E-state index in [9.17, 15) is 0 Å². The highest BCUT2D eigenvalue weighted by atomic mass is 15.2. The quantitative estimate of drug-likeness (QED) is 0.897. The van der Waals surface area contributed by atoms with Gasteiger partial charge in [-0.15, -0.1) is 0 Å². The van der Waals surface area contributed by atoms with Gasteiger partial charge >= 0.3 is 0 Å². The fourth-order valence-electron chi connectivity index (χ4n) is 5.15. The van der Waals surface area contributed by atoms with E-state index in [1.165, 1.54) is 45.3 Å². The molecule has 1 N–H and O–H groups in total. The van der Waals surface area contributed by atoms with Crippen LogP contribution in [0.1, 0.15) is 44.1 Å². The highest BCUT2D eigenvalue weighted by Gasteiger charge is 2.44. The minimum atomic E-state index is 0.795. The van der Waals surface area contributed by atoms with Crippen LogP contribution >= 0.6 is 0 Å². The number of hydrogen-bond acceptors (Lipinski definition) is 2. The predicted molar refractivity (Wildman–Crippen MR) is 87.5 cm³/mol. The summed E-state index contributed by atoms with van der Waals surface area (Å²) in [6.45, 7) is 6.33. The molecule has 0 aromatic heterocycles. The van der Waals surface area contributed by atoms with Crippen molar-refractivity contribution in [3.05, 3.63) is 35.9 Å². The Balaban J connectivity index is 1.37. The van der Waals surface area contributed by atoms with Gasteiger partial charge in [-0.1, -0.05) is 30.3 Å². The number of nitrogens with zero attached hydrogens (tertiary/aromatic N) is 1. The summed E-state index contributed by atoms with van der Waals surface area (Å²) >= 11 is 0. The maximum atomic E-state index is 3.58. The zero-order valence-electron chi connectivity index (χ0n) is 13.2. The first-order chi connectivity index (χ1) is 10.3. The first-order valence-corrected chi connectivity index (χ1v) is 8.84. The number of nitrogens with one attached hydrogen (secondary N) is 1. The van der Waals surface area contributed by atoms with Gasteiger partial charge in [-0.2, -0.15) is 0 Å². The molecule has 0 spiro atoms. The van der Waals surface area contributed by atoms with E-state index in [0.29, 0.717) is 0 Å². The van der Waals surface area contributed by atoms with E-state index >= 15 is 0 Å². The number of likely N-dealkylation sites (tertiary alicyclic amines) is 1. The van der Waals surface area contributed by atoms with Gasteiger partial charge in [0.15, 0.2) is 0 Å². The summed E-state index contributed by atoms with van der Waals surface area (Å²) < 4.78 is 0. The second-order valence-corrected chi connectivity index (χ2v) is 7.44. The van der Waals surface area contributed by atoms with Crippen LogP contribution in [0.4, 0.5) is 0 Å². The molecule has 2 saturated heterocycles. The maximum absolute atomic E-state index is 3.58. The monoisotopic (exact) mass is 284 g/mol. The molecule has 21 heavy (non-hydrogen) atoms. The van der Waals surface area contributed by atoms with Crippen LogP contribution in [0.5, 0.6) is 0 Å². The van der Waals surface area contributed by atoms with Crippen molar-refractivity contribution in [1.82, 2.24) is 10.2 Å². The molecule has 4 rings (SSSR count). The van der Waals surface area contributed by atoms with E-state index in [1.54, 1.807) is 5.56 Å². The molecule has 2 aliphatic heterocycles. The molecule has 3 unspecified atom stereocenters. The van der Waals surface area contributed by atoms with Crippen LogP contribution in [0.3, 0.4) is 0 Å². The van der Waals surface area contributed by atoms with Crippen molar-refractivity contribution in [1.29, 1.82) is 0 Å². The minimum absolute atomic E-state index is 0.795. The summed E-state index contributed by atoms with van der Waals surface area (Å²) in [5.41, 5.74) is 1.56. The van der Waals surface area contributed by atoms with Gasteiger partial charge in [0.1, 0.15) is 0 Å². The van der Waals surface area contributed by atoms with Crippen molar-refractivity contribution in [2.24, 2.45) is 11.8 Å². The number of benzene rings is 1. The third kappa shape index (κ3) is 2.53. The molecule has 1 aromatic rings. The Morgan fingerprint density at radius 1 is 1.00 bits per heavy atom. The summed E-state index contributed by atoms with van der Waals surface area (Å²) in [6.07, 6.45) is 5.56. The van der Waals surface area contributed by atoms with Gasteiger partial charge in [-0.05, 0) is 69.0 Å². The van der Waals surface area contributed by atoms with Crippen molar-refractivity contribution >= 4 is 0 Å². The Hall–Kier alpha value is -0.860. The van der Waals surface area contributed by atoms with Crippen molar-refractivity contribution in [2.45, 2.75) is 50.6 Å². The molecule has 0 bridgehead atoms. The van der Waals surface area contributed by atoms with Gasteiger partial charge in [-0.3, -0.25) is 4.90 Å². The van der Waals surface area contributed by atoms with Crippen LogP contribution in [0, 0.1) is 11.8 Å². The molecule has 3 aliphatic rings. The zero-order chi connectivity index (χ0) is 14.2. The largest absolute Gasteiger partial charge is 0.316 e. The van der Waals surface area contributed by atoms with E-state index < -0.39 is 0 Å². The third-order valence-electron chi connectivity index (χ3n) is 6.42. The Labute approximate surface area is 128 Å². The Bertz CT molecular complexity index is 464. The molecule has 2 nitrogen and oxygen atoms in total. The van der Waals surface area contributed by atoms with Gasteiger partial charge in [0.05, 0.1) is 0 Å². The van der Waals surface area contributed by atoms with Crippen LogP contribution < -0.4 is 5.32 Å². The number of rotatable bonds is 2. The summed E-state index contributed by atoms with van der Waals surface area (Å²) in [5, 5.41) is 3.58. The normalized spacial score (nSPS) is 40.3. The lowest BCUT2D eigenvalue weighted by Crippen LogP contribution is -2.42. The summed E-state index contributed by atoms with van der Waals surface area (Å²) in [5.74, 6) is 2.64. The highest BCUT2D eigenvalue weighted by Crippen LogP contribution is 2.40. The fraction of sp³-hybridized carbons (Fsp3) is 0.684. The lowest BCUT2D eigenvalue weighted by Gasteiger charge is -2.38. The van der Waals surface area contributed by atoms with Gasteiger partial charge < -0.3 is 5.32 Å². The standard InChI is InChI=1S/C19H28N2/c1-14-19-12-20-11-17(19)13-21(14)18-9-7-16(8-10-18)15-5-3-2-4-6-15/h2-6,14,16-20H,7-13H2,1H3. The molecule has 3 fully saturated rings. The topological polar surface area (TPSA) is 15.3 Å². The van der Waals surface area contributed by atoms with Crippen molar-refractivity contribution < 1.29 is 0 Å². The van der Waals surface area contributed by atoms with Crippen LogP contribution in [0.25, 0.3) is 0 Å². The first-order valence-electron chi connectivity index (χ1n) is 8.84. The van der Waals surface area contributed by atoms with Crippen molar-refractivity contribution in [3.63, 3.8) is 0 Å². The van der Waals surface area contributed by atoms with E-state index in [-0.39, 0.29) is 0 Å². The molecule has 1 aliphatic carbocycles. The van der Waals surface area contributed by atoms with Crippen LogP contribution in [0.2, 0.25) is 0 Å². The second-order valence-electron chi connectivity index (χ2n) is 7.44. The van der Waals surface area contributed by atoms with E-state index in [1.807, 2.05) is 0 Å². The lowest BCUT2D eigenvalue weighted by atomic mass is 9.81. The number of fused-ring (bicyclic) bond motifs is 1. The van der Waals surface area contributed by atoms with E-state index in [4.69, 9.17) is 0 Å². The van der Waals surface area contributed by atoms with Crippen LogP contribution in [-0.2, 0) is 0 Å². The molecule has 2 heteroatoms. The van der Waals surface area contributed by atoms with E-state index in [0.717, 1.165) is 29.8 Å². The summed E-state index contributed by atoms with van der Waals surface area (Å²) in [7, 11) is 0. The van der Waals surface area contributed by atoms with Gasteiger partial charge in [0.25, 0.3) is 0 Å². The second kappa shape index (κ2) is 5.73. The van der Waals surface area contributed by atoms with Gasteiger partial charge in [-0.25, -0.2) is 0 Å². The lowest BCUT2D eigenvalue weighted by molar-refractivity contribution is 0.129. The SMILES string of the molecule is CC1C2CNCC2CN1C1CCC(c2ccccc2)CC1. The molecular weight excluding hydrogens is 256 g/mol. The molecule has 114 valence electrons. The Morgan fingerprint density at radius 3 is 2.48 bits per heavy atom. The highest BCUT2D eigenvalue weighted by molar-refractivity contribution is 5.20. The Kier molecular flexibility index (Phi) is 3.76. The average molecular weight is 284 g/mol. The van der Waals surface area contributed by atoms with Crippen molar-refractivity contribution in [2.75, 3.05) is 19.6 Å². The summed E-state index contributed by atoms with van der Waals surface area (Å²) in [6, 6.07) is 12.8. The fourth-order valence-corrected chi connectivity index (χ4v) is 5.15. The molecule has 1 saturated carbocycles. The first kappa shape index (κ1) is 13.8. The van der Waals surface area contributed by atoms with Gasteiger partial charge in [0, 0.05) is 18.6 Å². The third-order valence-corrected chi connectivity index (χ3v) is 6.42. The van der Waals surface area contributed by atoms with Crippen LogP contribution in [0.15, 0.2) is 30.3 Å². The van der Waals surface area contributed by atoms with Crippen LogP contribution in [-0.4, -0.2) is 36.6 Å². The van der Waals surface area contributed by atoms with Crippen molar-refractivity contribution in [3.8, 4) is 0 Å². The summed E-state index contributed by atoms with van der Waals surface area (Å²) in [4.78, 5) is 2.86. The smallest absolute Gasteiger partial charge is 0.0114 e. The molecule has 2 heterocycles. The number of hydrogen-bond donors (Lipinski definition) is 1. The molecule has 0 amide bonds. The molecule has 1 aromatic carbocycles. The molecule has 0 radical (unpaired) electrons. The average Bonchev–Trinajstić information content (AvgIpc) is 3.12. The minimum Gasteiger partial charge on any atom is -0.316 e. The molecular formula is C19H28N2. The van der Waals surface area contributed by atoms with Gasteiger partial charge in [0.2, 0.25) is 0 Å². The zero-order valence-corrected chi connectivity index (χ0v) is 13.2.